The molecule has 212 valence electrons. The van der Waals surface area contributed by atoms with Gasteiger partial charge in [0.15, 0.2) is 6.61 Å². The molecule has 1 amide bonds. The van der Waals surface area contributed by atoms with Crippen molar-refractivity contribution in [3.8, 4) is 5.75 Å². The highest BCUT2D eigenvalue weighted by molar-refractivity contribution is 6.05. The van der Waals surface area contributed by atoms with Crippen molar-refractivity contribution < 1.29 is 28.9 Å². The Morgan fingerprint density at radius 2 is 1.67 bits per heavy atom. The maximum Gasteiger partial charge on any atom is 0.311 e. The zero-order valence-corrected chi connectivity index (χ0v) is 22.3. The third kappa shape index (κ3) is 5.92. The van der Waals surface area contributed by atoms with Crippen molar-refractivity contribution in [2.24, 2.45) is 5.10 Å². The molecule has 0 bridgehead atoms. The summed E-state index contributed by atoms with van der Waals surface area (Å²) in [6, 6.07) is 23.6. The lowest BCUT2D eigenvalue weighted by Crippen LogP contribution is -2.31. The van der Waals surface area contributed by atoms with Gasteiger partial charge in [-0.3, -0.25) is 29.8 Å². The number of nitro groups is 2. The first-order chi connectivity index (χ1) is 20.2. The molecule has 0 saturated carbocycles. The van der Waals surface area contributed by atoms with Crippen LogP contribution in [0.1, 0.15) is 29.2 Å². The van der Waals surface area contributed by atoms with Gasteiger partial charge in [0.2, 0.25) is 0 Å². The van der Waals surface area contributed by atoms with Gasteiger partial charge in [0.25, 0.3) is 17.3 Å². The molecule has 1 aliphatic rings. The Morgan fingerprint density at radius 3 is 2.36 bits per heavy atom. The highest BCUT2D eigenvalue weighted by Crippen LogP contribution is 2.34. The number of esters is 1. The van der Waals surface area contributed by atoms with E-state index >= 15 is 0 Å². The van der Waals surface area contributed by atoms with E-state index in [0.717, 1.165) is 40.1 Å². The van der Waals surface area contributed by atoms with E-state index in [1.807, 2.05) is 54.6 Å². The highest BCUT2D eigenvalue weighted by atomic mass is 16.6. The van der Waals surface area contributed by atoms with Gasteiger partial charge < -0.3 is 9.47 Å². The van der Waals surface area contributed by atoms with E-state index < -0.39 is 52.2 Å². The van der Waals surface area contributed by atoms with E-state index in [0.29, 0.717) is 17.9 Å². The van der Waals surface area contributed by atoms with Gasteiger partial charge in [0.1, 0.15) is 5.75 Å². The minimum Gasteiger partial charge on any atom is -0.497 e. The monoisotopic (exact) mass is 568 g/mol. The number of nitro benzene ring substituents is 2. The standard InChI is InChI=1S/C30H24N4O8/c1-41-25-12-9-20(10-13-25)27-17-26(22-7-6-19-4-2-3-5-21(19)14-22)31-32(27)29(35)18-42-30(36)15-23-8-11-24(33(37)38)16-28(23)34(39)40/h2-14,16,27H,15,17-18H2,1H3. The summed E-state index contributed by atoms with van der Waals surface area (Å²) in [5.41, 5.74) is 1.20. The number of hydrogen-bond donors (Lipinski definition) is 0. The topological polar surface area (TPSA) is 154 Å². The van der Waals surface area contributed by atoms with Gasteiger partial charge in [-0.15, -0.1) is 0 Å². The molecule has 0 aromatic heterocycles. The molecule has 0 saturated heterocycles. The number of rotatable bonds is 9. The molecular formula is C30H24N4O8. The molecule has 0 radical (unpaired) electrons. The number of carbonyl (C=O) groups excluding carboxylic acids is 2. The van der Waals surface area contributed by atoms with Gasteiger partial charge in [-0.2, -0.15) is 5.10 Å². The molecule has 0 aliphatic carbocycles. The number of fused-ring (bicyclic) bond motifs is 1. The number of methoxy groups -OCH3 is 1. The number of nitrogens with zero attached hydrogens (tertiary/aromatic N) is 4. The zero-order chi connectivity index (χ0) is 29.8. The van der Waals surface area contributed by atoms with Crippen molar-refractivity contribution in [2.75, 3.05) is 13.7 Å². The Bertz CT molecular complexity index is 1740. The largest absolute Gasteiger partial charge is 0.497 e. The van der Waals surface area contributed by atoms with Crippen molar-refractivity contribution in [1.82, 2.24) is 5.01 Å². The fraction of sp³-hybridized carbons (Fsp3) is 0.167. The molecule has 12 heteroatoms. The first-order valence-corrected chi connectivity index (χ1v) is 12.8. The van der Waals surface area contributed by atoms with Crippen molar-refractivity contribution >= 4 is 39.7 Å². The molecule has 12 nitrogen and oxygen atoms in total. The van der Waals surface area contributed by atoms with E-state index in [-0.39, 0.29) is 5.56 Å². The van der Waals surface area contributed by atoms with Crippen LogP contribution in [-0.2, 0) is 20.7 Å². The van der Waals surface area contributed by atoms with E-state index in [1.165, 1.54) is 5.01 Å². The molecular weight excluding hydrogens is 544 g/mol. The van der Waals surface area contributed by atoms with Crippen LogP contribution in [0.5, 0.6) is 5.75 Å². The smallest absolute Gasteiger partial charge is 0.311 e. The predicted octanol–water partition coefficient (Wildman–Crippen LogP) is 5.13. The zero-order valence-electron chi connectivity index (χ0n) is 22.3. The van der Waals surface area contributed by atoms with Crippen molar-refractivity contribution in [3.63, 3.8) is 0 Å². The van der Waals surface area contributed by atoms with Crippen LogP contribution in [0.3, 0.4) is 0 Å². The second-order valence-corrected chi connectivity index (χ2v) is 9.50. The summed E-state index contributed by atoms with van der Waals surface area (Å²) in [6.45, 7) is -0.652. The normalized spacial score (nSPS) is 14.4. The van der Waals surface area contributed by atoms with Crippen molar-refractivity contribution in [2.45, 2.75) is 18.9 Å². The maximum atomic E-state index is 13.3. The van der Waals surface area contributed by atoms with E-state index in [9.17, 15) is 29.8 Å². The second-order valence-electron chi connectivity index (χ2n) is 9.50. The van der Waals surface area contributed by atoms with Gasteiger partial charge in [0, 0.05) is 18.1 Å². The summed E-state index contributed by atoms with van der Waals surface area (Å²) in [7, 11) is 1.56. The molecule has 0 fully saturated rings. The molecule has 5 rings (SSSR count). The number of hydrazone groups is 1. The van der Waals surface area contributed by atoms with Gasteiger partial charge in [-0.05, 0) is 46.2 Å². The van der Waals surface area contributed by atoms with Crippen LogP contribution in [0.25, 0.3) is 10.8 Å². The molecule has 42 heavy (non-hydrogen) atoms. The van der Waals surface area contributed by atoms with Crippen LogP contribution in [0.15, 0.2) is 90.0 Å². The van der Waals surface area contributed by atoms with Gasteiger partial charge >= 0.3 is 5.97 Å². The summed E-state index contributed by atoms with van der Waals surface area (Å²) in [6.07, 6.45) is -0.131. The predicted molar refractivity (Wildman–Crippen MR) is 152 cm³/mol. The number of carbonyl (C=O) groups is 2. The van der Waals surface area contributed by atoms with E-state index in [4.69, 9.17) is 9.47 Å². The lowest BCUT2D eigenvalue weighted by atomic mass is 9.97. The van der Waals surface area contributed by atoms with Gasteiger partial charge in [-0.1, -0.05) is 48.5 Å². The SMILES string of the molecule is COc1ccc(C2CC(c3ccc4ccccc4c3)=NN2C(=O)COC(=O)Cc2ccc([N+](=O)[O-])cc2[N+](=O)[O-])cc1. The van der Waals surface area contributed by atoms with Gasteiger partial charge in [0.05, 0.1) is 41.2 Å². The van der Waals surface area contributed by atoms with Crippen molar-refractivity contribution in [1.29, 1.82) is 0 Å². The molecule has 1 aliphatic heterocycles. The van der Waals surface area contributed by atoms with E-state index in [1.54, 1.807) is 19.2 Å². The fourth-order valence-corrected chi connectivity index (χ4v) is 4.77. The van der Waals surface area contributed by atoms with Crippen LogP contribution in [-0.4, -0.2) is 46.2 Å². The van der Waals surface area contributed by atoms with Crippen LogP contribution in [0.4, 0.5) is 11.4 Å². The molecule has 0 N–H and O–H groups in total. The summed E-state index contributed by atoms with van der Waals surface area (Å²) < 4.78 is 10.4. The van der Waals surface area contributed by atoms with Crippen LogP contribution in [0.2, 0.25) is 0 Å². The minimum absolute atomic E-state index is 0.0723. The summed E-state index contributed by atoms with van der Waals surface area (Å²) >= 11 is 0. The number of ether oxygens (including phenoxy) is 2. The summed E-state index contributed by atoms with van der Waals surface area (Å²) in [5.74, 6) is -0.836. The average Bonchev–Trinajstić information content (AvgIpc) is 3.45. The van der Waals surface area contributed by atoms with E-state index in [2.05, 4.69) is 5.10 Å². The minimum atomic E-state index is -0.903. The molecule has 0 spiro atoms. The number of benzene rings is 4. The second kappa shape index (κ2) is 11.8. The fourth-order valence-electron chi connectivity index (χ4n) is 4.77. The molecule has 1 heterocycles. The molecule has 4 aromatic carbocycles. The lowest BCUT2D eigenvalue weighted by molar-refractivity contribution is -0.394. The number of hydrogen-bond acceptors (Lipinski definition) is 9. The molecule has 4 aromatic rings. The highest BCUT2D eigenvalue weighted by Gasteiger charge is 2.34. The maximum absolute atomic E-state index is 13.3. The van der Waals surface area contributed by atoms with Gasteiger partial charge in [-0.25, -0.2) is 5.01 Å². The molecule has 1 atom stereocenters. The Morgan fingerprint density at radius 1 is 0.929 bits per heavy atom. The Hall–Kier alpha value is -5.65. The lowest BCUT2D eigenvalue weighted by Gasteiger charge is -2.22. The third-order valence-electron chi connectivity index (χ3n) is 6.92. The Labute approximate surface area is 239 Å². The number of non-ortho nitro benzene ring substituents is 1. The van der Waals surface area contributed by atoms with Crippen molar-refractivity contribution in [3.05, 3.63) is 122 Å². The average molecular weight is 569 g/mol. The quantitative estimate of drug-likeness (QED) is 0.153. The summed E-state index contributed by atoms with van der Waals surface area (Å²) in [4.78, 5) is 46.7. The Kier molecular flexibility index (Phi) is 7.87. The third-order valence-corrected chi connectivity index (χ3v) is 6.92. The van der Waals surface area contributed by atoms with Crippen LogP contribution in [0, 0.1) is 20.2 Å². The first kappa shape index (κ1) is 27.9. The molecule has 1 unspecified atom stereocenters. The first-order valence-electron chi connectivity index (χ1n) is 12.8. The van der Waals surface area contributed by atoms with Crippen LogP contribution >= 0.6 is 0 Å². The summed E-state index contributed by atoms with van der Waals surface area (Å²) in [5, 5.41) is 30.4. The van der Waals surface area contributed by atoms with Crippen LogP contribution < -0.4 is 4.74 Å². The Balaban J connectivity index is 1.35. The number of amides is 1.